The van der Waals surface area contributed by atoms with Crippen molar-refractivity contribution < 1.29 is 14.3 Å². The molecule has 0 aliphatic carbocycles. The van der Waals surface area contributed by atoms with Gasteiger partial charge in [0.1, 0.15) is 5.60 Å². The summed E-state index contributed by atoms with van der Waals surface area (Å²) in [6, 6.07) is 0. The van der Waals surface area contributed by atoms with Crippen LogP contribution in [0.1, 0.15) is 91.4 Å². The molecule has 0 spiro atoms. The highest BCUT2D eigenvalue weighted by atomic mass is 16.6. The average molecular weight is 342 g/mol. The van der Waals surface area contributed by atoms with Crippen molar-refractivity contribution >= 4 is 6.09 Å². The van der Waals surface area contributed by atoms with Gasteiger partial charge in [-0.3, -0.25) is 0 Å². The molecule has 142 valence electrons. The molecule has 1 aliphatic heterocycles. The fourth-order valence-corrected chi connectivity index (χ4v) is 3.28. The highest BCUT2D eigenvalue weighted by Gasteiger charge is 2.30. The minimum absolute atomic E-state index is 0.148. The number of nitrogens with zero attached hydrogens (tertiary/aromatic N) is 1. The molecule has 0 aromatic carbocycles. The van der Waals surface area contributed by atoms with Gasteiger partial charge in [-0.25, -0.2) is 4.79 Å². The number of morpholine rings is 1. The predicted octanol–water partition coefficient (Wildman–Crippen LogP) is 5.54. The first kappa shape index (κ1) is 21.3. The number of ether oxygens (including phenoxy) is 2. The molecule has 4 heteroatoms. The molecule has 0 N–H and O–H groups in total. The van der Waals surface area contributed by atoms with Crippen LogP contribution in [0.5, 0.6) is 0 Å². The number of carbonyl (C=O) groups excluding carboxylic acids is 1. The smallest absolute Gasteiger partial charge is 0.410 e. The minimum atomic E-state index is -0.310. The Balaban J connectivity index is 2.46. The van der Waals surface area contributed by atoms with E-state index in [2.05, 4.69) is 20.8 Å². The number of rotatable bonds is 12. The molecule has 0 saturated carbocycles. The molecule has 1 heterocycles. The van der Waals surface area contributed by atoms with Gasteiger partial charge in [0.25, 0.3) is 0 Å². The summed E-state index contributed by atoms with van der Waals surface area (Å²) < 4.78 is 11.3. The predicted molar refractivity (Wildman–Crippen MR) is 99.4 cm³/mol. The van der Waals surface area contributed by atoms with Crippen molar-refractivity contribution in [2.45, 2.75) is 97.0 Å². The molecule has 0 aromatic heterocycles. The zero-order valence-corrected chi connectivity index (χ0v) is 16.3. The topological polar surface area (TPSA) is 38.8 Å². The fourth-order valence-electron chi connectivity index (χ4n) is 3.28. The number of hydrogen-bond acceptors (Lipinski definition) is 3. The van der Waals surface area contributed by atoms with Crippen molar-refractivity contribution in [1.82, 2.24) is 4.90 Å². The van der Waals surface area contributed by atoms with Crippen LogP contribution in [0.3, 0.4) is 0 Å². The number of hydrogen-bond donors (Lipinski definition) is 0. The Morgan fingerprint density at radius 1 is 0.917 bits per heavy atom. The van der Waals surface area contributed by atoms with Crippen LogP contribution in [-0.4, -0.2) is 42.9 Å². The minimum Gasteiger partial charge on any atom is -0.443 e. The largest absolute Gasteiger partial charge is 0.443 e. The van der Waals surface area contributed by atoms with E-state index < -0.39 is 0 Å². The lowest BCUT2D eigenvalue weighted by molar-refractivity contribution is -0.0305. The van der Waals surface area contributed by atoms with Gasteiger partial charge in [0.2, 0.25) is 0 Å². The van der Waals surface area contributed by atoms with Crippen molar-refractivity contribution in [3.63, 3.8) is 0 Å². The molecule has 1 fully saturated rings. The summed E-state index contributed by atoms with van der Waals surface area (Å²) in [5, 5.41) is 0. The second-order valence-electron chi connectivity index (χ2n) is 7.39. The van der Waals surface area contributed by atoms with Crippen LogP contribution in [0, 0.1) is 0 Å². The number of unbranched alkanes of at least 4 members (excludes halogenated alkanes) is 7. The van der Waals surface area contributed by atoms with Gasteiger partial charge in [0.05, 0.1) is 13.2 Å². The Morgan fingerprint density at radius 3 is 1.96 bits per heavy atom. The molecular formula is C20H39NO3. The van der Waals surface area contributed by atoms with Gasteiger partial charge in [0, 0.05) is 13.1 Å². The molecule has 1 unspecified atom stereocenters. The van der Waals surface area contributed by atoms with Gasteiger partial charge in [-0.05, 0) is 32.6 Å². The molecule has 1 saturated heterocycles. The lowest BCUT2D eigenvalue weighted by Gasteiger charge is -2.34. The molecule has 0 bridgehead atoms. The van der Waals surface area contributed by atoms with Gasteiger partial charge in [-0.15, -0.1) is 0 Å². The van der Waals surface area contributed by atoms with E-state index in [0.29, 0.717) is 26.3 Å². The van der Waals surface area contributed by atoms with Crippen LogP contribution in [-0.2, 0) is 9.47 Å². The van der Waals surface area contributed by atoms with E-state index in [1.165, 1.54) is 44.9 Å². The maximum Gasteiger partial charge on any atom is 0.410 e. The maximum absolute atomic E-state index is 12.5. The molecule has 1 rings (SSSR count). The molecule has 4 nitrogen and oxygen atoms in total. The van der Waals surface area contributed by atoms with Crippen LogP contribution < -0.4 is 0 Å². The van der Waals surface area contributed by atoms with Crippen LogP contribution in [0.15, 0.2) is 0 Å². The molecule has 1 atom stereocenters. The Hall–Kier alpha value is -0.770. The summed E-state index contributed by atoms with van der Waals surface area (Å²) in [6.45, 7) is 9.16. The van der Waals surface area contributed by atoms with Gasteiger partial charge < -0.3 is 14.4 Å². The first-order valence-electron chi connectivity index (χ1n) is 10.2. The Morgan fingerprint density at radius 2 is 1.42 bits per heavy atom. The molecule has 0 radical (unpaired) electrons. The summed E-state index contributed by atoms with van der Waals surface area (Å²) in [5.74, 6) is 0. The third-order valence-electron chi connectivity index (χ3n) is 4.97. The zero-order valence-electron chi connectivity index (χ0n) is 16.3. The molecule has 1 amide bonds. The molecule has 0 aromatic rings. The first-order chi connectivity index (χ1) is 11.6. The lowest BCUT2D eigenvalue weighted by Crippen LogP contribution is -2.45. The second-order valence-corrected chi connectivity index (χ2v) is 7.39. The first-order valence-corrected chi connectivity index (χ1v) is 10.2. The second kappa shape index (κ2) is 12.6. The maximum atomic E-state index is 12.5. The molecular weight excluding hydrogens is 302 g/mol. The van der Waals surface area contributed by atoms with Crippen LogP contribution in [0.2, 0.25) is 0 Å². The van der Waals surface area contributed by atoms with Crippen molar-refractivity contribution in [2.24, 2.45) is 0 Å². The lowest BCUT2D eigenvalue weighted by atomic mass is 9.91. The molecule has 24 heavy (non-hydrogen) atoms. The summed E-state index contributed by atoms with van der Waals surface area (Å²) in [4.78, 5) is 14.3. The monoisotopic (exact) mass is 341 g/mol. The van der Waals surface area contributed by atoms with Gasteiger partial charge in [-0.1, -0.05) is 58.8 Å². The van der Waals surface area contributed by atoms with Crippen LogP contribution in [0.4, 0.5) is 4.79 Å². The van der Waals surface area contributed by atoms with Gasteiger partial charge in [0.15, 0.2) is 0 Å². The number of carbonyl (C=O) groups is 1. The average Bonchev–Trinajstić information content (AvgIpc) is 2.59. The van der Waals surface area contributed by atoms with E-state index in [9.17, 15) is 4.79 Å². The SMILES string of the molecule is CCCCCCCC(C)(CCCCCC)OC(=O)N1CCOCC1. The molecule has 1 aliphatic rings. The number of amides is 1. The Labute approximate surface area is 149 Å². The fraction of sp³-hybridized carbons (Fsp3) is 0.950. The summed E-state index contributed by atoms with van der Waals surface area (Å²) in [6.07, 6.45) is 13.0. The van der Waals surface area contributed by atoms with Crippen LogP contribution in [0.25, 0.3) is 0 Å². The van der Waals surface area contributed by atoms with Crippen LogP contribution >= 0.6 is 0 Å². The third-order valence-corrected chi connectivity index (χ3v) is 4.97. The summed E-state index contributed by atoms with van der Waals surface area (Å²) in [7, 11) is 0. The quantitative estimate of drug-likeness (QED) is 0.437. The van der Waals surface area contributed by atoms with Crippen molar-refractivity contribution in [3.05, 3.63) is 0 Å². The van der Waals surface area contributed by atoms with E-state index in [0.717, 1.165) is 25.7 Å². The highest BCUT2D eigenvalue weighted by Crippen LogP contribution is 2.27. The van der Waals surface area contributed by atoms with E-state index >= 15 is 0 Å². The third kappa shape index (κ3) is 8.91. The Kier molecular flexibility index (Phi) is 11.1. The van der Waals surface area contributed by atoms with Crippen molar-refractivity contribution in [3.8, 4) is 0 Å². The zero-order chi connectivity index (χ0) is 17.7. The van der Waals surface area contributed by atoms with Gasteiger partial charge in [-0.2, -0.15) is 0 Å². The van der Waals surface area contributed by atoms with Gasteiger partial charge >= 0.3 is 6.09 Å². The Bertz CT molecular complexity index is 329. The summed E-state index contributed by atoms with van der Waals surface area (Å²) in [5.41, 5.74) is -0.310. The standard InChI is InChI=1S/C20H39NO3/c1-4-6-8-10-12-14-20(3,13-11-9-7-5-2)24-19(22)21-15-17-23-18-16-21/h4-18H2,1-3H3. The van der Waals surface area contributed by atoms with Crippen molar-refractivity contribution in [1.29, 1.82) is 0 Å². The van der Waals surface area contributed by atoms with E-state index in [1.807, 2.05) is 0 Å². The summed E-state index contributed by atoms with van der Waals surface area (Å²) >= 11 is 0. The normalized spacial score (nSPS) is 17.5. The van der Waals surface area contributed by atoms with E-state index in [4.69, 9.17) is 9.47 Å². The van der Waals surface area contributed by atoms with Crippen molar-refractivity contribution in [2.75, 3.05) is 26.3 Å². The van der Waals surface area contributed by atoms with E-state index in [1.54, 1.807) is 4.90 Å². The van der Waals surface area contributed by atoms with E-state index in [-0.39, 0.29) is 11.7 Å². The highest BCUT2D eigenvalue weighted by molar-refractivity contribution is 5.68.